The van der Waals surface area contributed by atoms with Crippen molar-refractivity contribution in [3.05, 3.63) is 54.1 Å². The molecule has 2 aromatic carbocycles. The van der Waals surface area contributed by atoms with E-state index in [1.165, 1.54) is 25.1 Å². The minimum atomic E-state index is -1.11. The first-order valence-corrected chi connectivity index (χ1v) is 12.2. The molecule has 0 aliphatic carbocycles. The minimum absolute atomic E-state index is 0.0174. The van der Waals surface area contributed by atoms with Crippen LogP contribution < -0.4 is 19.9 Å². The van der Waals surface area contributed by atoms with Crippen molar-refractivity contribution in [1.29, 1.82) is 0 Å². The molecule has 0 heterocycles. The molecule has 0 aromatic heterocycles. The molecule has 0 saturated heterocycles. The first-order chi connectivity index (χ1) is 18.4. The molecule has 2 N–H and O–H groups in total. The Morgan fingerprint density at radius 3 is 1.87 bits per heavy atom. The average Bonchev–Trinajstić information content (AvgIpc) is 2.83. The van der Waals surface area contributed by atoms with Gasteiger partial charge in [-0.25, -0.2) is 14.4 Å². The highest BCUT2D eigenvalue weighted by molar-refractivity contribution is 5.76. The van der Waals surface area contributed by atoms with Crippen molar-refractivity contribution < 1.29 is 52.3 Å². The second-order valence-corrected chi connectivity index (χ2v) is 8.85. The van der Waals surface area contributed by atoms with Crippen LogP contribution >= 0.6 is 0 Å². The summed E-state index contributed by atoms with van der Waals surface area (Å²) in [5, 5.41) is 0. The number of ether oxygens (including phenoxy) is 7. The quantitative estimate of drug-likeness (QED) is 0.238. The van der Waals surface area contributed by atoms with Gasteiger partial charge in [0.25, 0.3) is 0 Å². The normalized spacial score (nSPS) is 12.2. The highest BCUT2D eigenvalue weighted by Crippen LogP contribution is 2.30. The van der Waals surface area contributed by atoms with E-state index in [0.29, 0.717) is 11.3 Å². The number of rotatable bonds is 11. The van der Waals surface area contributed by atoms with Crippen molar-refractivity contribution in [1.82, 2.24) is 0 Å². The smallest absolute Gasteiger partial charge is 0.461 e. The van der Waals surface area contributed by atoms with Crippen LogP contribution in [0, 0.1) is 0 Å². The standard InChI is InChI=1S/C27H33NO11/c1-16(2)34-25(30)38-22-12-11-19(14-23(22)39-26(31)35-17(3)4)13-21(28)24(29)33-15-18(5)36-27(32)37-20-9-7-6-8-10-20/h6-12,14,16-18,21H,13,15,28H2,1-5H3/t18-,21-/m0/s1. The molecule has 0 aliphatic heterocycles. The molecule has 0 amide bonds. The molecule has 0 spiro atoms. The number of hydrogen-bond acceptors (Lipinski definition) is 12. The molecule has 0 fully saturated rings. The number of nitrogens with two attached hydrogens (primary N) is 1. The fourth-order valence-electron chi connectivity index (χ4n) is 2.91. The highest BCUT2D eigenvalue weighted by Gasteiger charge is 2.22. The predicted molar refractivity (Wildman–Crippen MR) is 137 cm³/mol. The molecule has 39 heavy (non-hydrogen) atoms. The lowest BCUT2D eigenvalue weighted by Crippen LogP contribution is -2.36. The van der Waals surface area contributed by atoms with E-state index >= 15 is 0 Å². The lowest BCUT2D eigenvalue weighted by Gasteiger charge is -2.17. The summed E-state index contributed by atoms with van der Waals surface area (Å²) in [6.45, 7) is 7.83. The molecule has 212 valence electrons. The summed E-state index contributed by atoms with van der Waals surface area (Å²) >= 11 is 0. The van der Waals surface area contributed by atoms with Gasteiger partial charge in [-0.3, -0.25) is 4.79 Å². The third kappa shape index (κ3) is 11.7. The van der Waals surface area contributed by atoms with Gasteiger partial charge >= 0.3 is 24.4 Å². The Morgan fingerprint density at radius 1 is 0.718 bits per heavy atom. The maximum atomic E-state index is 12.4. The fourth-order valence-corrected chi connectivity index (χ4v) is 2.91. The predicted octanol–water partition coefficient (Wildman–Crippen LogP) is 4.55. The molecule has 0 saturated carbocycles. The van der Waals surface area contributed by atoms with Crippen LogP contribution in [0.15, 0.2) is 48.5 Å². The summed E-state index contributed by atoms with van der Waals surface area (Å²) in [7, 11) is 0. The van der Waals surface area contributed by atoms with Gasteiger partial charge in [0.15, 0.2) is 11.5 Å². The van der Waals surface area contributed by atoms with E-state index in [2.05, 4.69) is 0 Å². The van der Waals surface area contributed by atoms with Crippen LogP contribution in [0.3, 0.4) is 0 Å². The lowest BCUT2D eigenvalue weighted by molar-refractivity contribution is -0.148. The van der Waals surface area contributed by atoms with E-state index < -0.39 is 48.8 Å². The van der Waals surface area contributed by atoms with Gasteiger partial charge in [0.1, 0.15) is 24.5 Å². The van der Waals surface area contributed by atoms with Crippen LogP contribution in [0.1, 0.15) is 40.2 Å². The number of para-hydroxylation sites is 1. The van der Waals surface area contributed by atoms with Crippen molar-refractivity contribution >= 4 is 24.4 Å². The van der Waals surface area contributed by atoms with Crippen LogP contribution in [0.25, 0.3) is 0 Å². The highest BCUT2D eigenvalue weighted by atomic mass is 16.8. The monoisotopic (exact) mass is 547 g/mol. The molecule has 0 radical (unpaired) electrons. The lowest BCUT2D eigenvalue weighted by atomic mass is 10.1. The summed E-state index contributed by atoms with van der Waals surface area (Å²) < 4.78 is 35.5. The van der Waals surface area contributed by atoms with Gasteiger partial charge in [0.2, 0.25) is 0 Å². The topological polar surface area (TPSA) is 159 Å². The molecule has 0 bridgehead atoms. The maximum absolute atomic E-state index is 12.4. The molecule has 0 aliphatic rings. The molecule has 12 heteroatoms. The van der Waals surface area contributed by atoms with Crippen LogP contribution in [-0.2, 0) is 30.2 Å². The zero-order valence-electron chi connectivity index (χ0n) is 22.4. The number of esters is 1. The van der Waals surface area contributed by atoms with Crippen molar-refractivity contribution in [3.8, 4) is 17.2 Å². The summed E-state index contributed by atoms with van der Waals surface area (Å²) in [6, 6.07) is 11.5. The van der Waals surface area contributed by atoms with Crippen molar-refractivity contribution in [2.45, 2.75) is 65.4 Å². The summed E-state index contributed by atoms with van der Waals surface area (Å²) in [4.78, 5) is 48.3. The summed E-state index contributed by atoms with van der Waals surface area (Å²) in [6.07, 6.45) is -4.67. The molecule has 2 rings (SSSR count). The van der Waals surface area contributed by atoms with E-state index in [9.17, 15) is 19.2 Å². The van der Waals surface area contributed by atoms with Crippen LogP contribution in [0.5, 0.6) is 17.2 Å². The zero-order valence-corrected chi connectivity index (χ0v) is 22.4. The molecule has 2 atom stereocenters. The number of carbonyl (C=O) groups excluding carboxylic acids is 4. The minimum Gasteiger partial charge on any atom is -0.461 e. The van der Waals surface area contributed by atoms with Gasteiger partial charge in [0.05, 0.1) is 12.2 Å². The van der Waals surface area contributed by atoms with Gasteiger partial charge in [-0.2, -0.15) is 0 Å². The fraction of sp³-hybridized carbons (Fsp3) is 0.407. The van der Waals surface area contributed by atoms with E-state index in [1.54, 1.807) is 58.0 Å². The zero-order chi connectivity index (χ0) is 28.9. The first-order valence-electron chi connectivity index (χ1n) is 12.2. The van der Waals surface area contributed by atoms with Gasteiger partial charge in [-0.15, -0.1) is 0 Å². The maximum Gasteiger partial charge on any atom is 0.514 e. The van der Waals surface area contributed by atoms with Crippen LogP contribution in [0.4, 0.5) is 14.4 Å². The van der Waals surface area contributed by atoms with Gasteiger partial charge < -0.3 is 38.9 Å². The summed E-state index contributed by atoms with van der Waals surface area (Å²) in [5.74, 6) is -0.694. The Bertz CT molecular complexity index is 1120. The molecule has 2 aromatic rings. The van der Waals surface area contributed by atoms with Crippen molar-refractivity contribution in [2.75, 3.05) is 6.61 Å². The van der Waals surface area contributed by atoms with E-state index in [1.807, 2.05) is 0 Å². The Labute approximate surface area is 226 Å². The molecular weight excluding hydrogens is 514 g/mol. The van der Waals surface area contributed by atoms with Crippen molar-refractivity contribution in [2.24, 2.45) is 5.73 Å². The second-order valence-electron chi connectivity index (χ2n) is 8.85. The summed E-state index contributed by atoms with van der Waals surface area (Å²) in [5.41, 5.74) is 6.45. The van der Waals surface area contributed by atoms with E-state index in [-0.39, 0.29) is 24.5 Å². The third-order valence-corrected chi connectivity index (χ3v) is 4.52. The van der Waals surface area contributed by atoms with E-state index in [4.69, 9.17) is 38.9 Å². The molecule has 0 unspecified atom stereocenters. The van der Waals surface area contributed by atoms with Gasteiger partial charge in [0, 0.05) is 0 Å². The van der Waals surface area contributed by atoms with Crippen LogP contribution in [0.2, 0.25) is 0 Å². The SMILES string of the molecule is CC(C)OC(=O)Oc1ccc(C[C@H](N)C(=O)OC[C@H](C)OC(=O)Oc2ccccc2)cc1OC(=O)OC(C)C. The van der Waals surface area contributed by atoms with Crippen LogP contribution in [-0.4, -0.2) is 55.4 Å². The number of hydrogen-bond donors (Lipinski definition) is 1. The average molecular weight is 548 g/mol. The Hall–Kier alpha value is -4.32. The Kier molecular flexibility index (Phi) is 12.0. The largest absolute Gasteiger partial charge is 0.514 e. The Morgan fingerprint density at radius 2 is 1.28 bits per heavy atom. The number of benzene rings is 2. The van der Waals surface area contributed by atoms with Gasteiger partial charge in [-0.05, 0) is 70.9 Å². The molecular formula is C27H33NO11. The third-order valence-electron chi connectivity index (χ3n) is 4.52. The van der Waals surface area contributed by atoms with E-state index in [0.717, 1.165) is 0 Å². The van der Waals surface area contributed by atoms with Gasteiger partial charge in [-0.1, -0.05) is 24.3 Å². The second kappa shape index (κ2) is 15.2. The first kappa shape index (κ1) is 30.9. The Balaban J connectivity index is 1.97. The number of carbonyl (C=O) groups is 4. The van der Waals surface area contributed by atoms with Crippen molar-refractivity contribution in [3.63, 3.8) is 0 Å². The molecule has 12 nitrogen and oxygen atoms in total.